The lowest BCUT2D eigenvalue weighted by Gasteiger charge is -2.09. The largest absolute Gasteiger partial charge is 0.314 e. The SMILES string of the molecule is c1cnc2c(c1)c1cc3nccnc3cc1n1cccc21. The van der Waals surface area contributed by atoms with Crippen LogP contribution in [0.1, 0.15) is 0 Å². The zero-order valence-electron chi connectivity index (χ0n) is 11.1. The van der Waals surface area contributed by atoms with Crippen molar-refractivity contribution in [2.45, 2.75) is 0 Å². The maximum atomic E-state index is 4.55. The van der Waals surface area contributed by atoms with E-state index in [1.807, 2.05) is 18.3 Å². The number of aromatic nitrogens is 4. The van der Waals surface area contributed by atoms with Crippen LogP contribution in [0, 0.1) is 0 Å². The molecule has 0 N–H and O–H groups in total. The fraction of sp³-hybridized carbons (Fsp3) is 0. The van der Waals surface area contributed by atoms with E-state index in [9.17, 15) is 0 Å². The molecule has 4 heteroatoms. The number of hydrogen-bond acceptors (Lipinski definition) is 3. The molecule has 5 aromatic rings. The van der Waals surface area contributed by atoms with E-state index in [1.165, 1.54) is 0 Å². The zero-order chi connectivity index (χ0) is 13.8. The zero-order valence-corrected chi connectivity index (χ0v) is 11.1. The summed E-state index contributed by atoms with van der Waals surface area (Å²) in [5.41, 5.74) is 5.06. The molecule has 4 heterocycles. The lowest BCUT2D eigenvalue weighted by Crippen LogP contribution is -1.92. The minimum atomic E-state index is 0.904. The van der Waals surface area contributed by atoms with Crippen LogP contribution in [0.3, 0.4) is 0 Å². The van der Waals surface area contributed by atoms with Crippen LogP contribution in [0.15, 0.2) is 61.2 Å². The van der Waals surface area contributed by atoms with Gasteiger partial charge in [-0.25, -0.2) is 0 Å². The number of hydrogen-bond donors (Lipinski definition) is 0. The number of fused-ring (bicyclic) bond motifs is 7. The van der Waals surface area contributed by atoms with E-state index in [4.69, 9.17) is 0 Å². The van der Waals surface area contributed by atoms with E-state index in [-0.39, 0.29) is 0 Å². The van der Waals surface area contributed by atoms with Gasteiger partial charge in [0.25, 0.3) is 0 Å². The molecule has 4 nitrogen and oxygen atoms in total. The first-order valence-electron chi connectivity index (χ1n) is 6.80. The highest BCUT2D eigenvalue weighted by atomic mass is 14.9. The average molecular weight is 270 g/mol. The monoisotopic (exact) mass is 270 g/mol. The van der Waals surface area contributed by atoms with Crippen LogP contribution in [-0.2, 0) is 0 Å². The molecule has 5 rings (SSSR count). The summed E-state index contributed by atoms with van der Waals surface area (Å²) in [7, 11) is 0. The van der Waals surface area contributed by atoms with Crippen molar-refractivity contribution in [1.29, 1.82) is 0 Å². The predicted octanol–water partition coefficient (Wildman–Crippen LogP) is 3.58. The highest BCUT2D eigenvalue weighted by Crippen LogP contribution is 2.30. The van der Waals surface area contributed by atoms with Gasteiger partial charge in [0.2, 0.25) is 0 Å². The Bertz CT molecular complexity index is 1140. The first-order valence-corrected chi connectivity index (χ1v) is 6.80. The second-order valence-corrected chi connectivity index (χ2v) is 5.08. The summed E-state index contributed by atoms with van der Waals surface area (Å²) in [6.45, 7) is 0. The van der Waals surface area contributed by atoms with Gasteiger partial charge in [0.15, 0.2) is 0 Å². The van der Waals surface area contributed by atoms with E-state index in [0.29, 0.717) is 0 Å². The maximum Gasteiger partial charge on any atom is 0.0948 e. The molecular weight excluding hydrogens is 260 g/mol. The van der Waals surface area contributed by atoms with E-state index in [1.54, 1.807) is 12.4 Å². The van der Waals surface area contributed by atoms with Crippen molar-refractivity contribution in [2.75, 3.05) is 0 Å². The molecule has 0 bridgehead atoms. The van der Waals surface area contributed by atoms with Gasteiger partial charge in [0.05, 0.1) is 27.6 Å². The Kier molecular flexibility index (Phi) is 1.92. The predicted molar refractivity (Wildman–Crippen MR) is 83.3 cm³/mol. The van der Waals surface area contributed by atoms with Crippen molar-refractivity contribution in [3.8, 4) is 0 Å². The van der Waals surface area contributed by atoms with E-state index >= 15 is 0 Å². The molecule has 21 heavy (non-hydrogen) atoms. The Labute approximate surface area is 119 Å². The third kappa shape index (κ3) is 1.36. The first-order chi connectivity index (χ1) is 10.4. The van der Waals surface area contributed by atoms with Crippen LogP contribution < -0.4 is 0 Å². The quantitative estimate of drug-likeness (QED) is 0.319. The number of rotatable bonds is 0. The van der Waals surface area contributed by atoms with Gasteiger partial charge in [0.1, 0.15) is 0 Å². The third-order valence-electron chi connectivity index (χ3n) is 3.94. The van der Waals surface area contributed by atoms with Crippen molar-refractivity contribution in [1.82, 2.24) is 19.4 Å². The molecule has 0 atom stereocenters. The van der Waals surface area contributed by atoms with E-state index in [0.717, 1.165) is 38.4 Å². The van der Waals surface area contributed by atoms with Crippen molar-refractivity contribution < 1.29 is 0 Å². The van der Waals surface area contributed by atoms with Gasteiger partial charge >= 0.3 is 0 Å². The van der Waals surface area contributed by atoms with Crippen molar-refractivity contribution in [3.05, 3.63) is 61.2 Å². The minimum absolute atomic E-state index is 0.904. The van der Waals surface area contributed by atoms with Gasteiger partial charge in [-0.15, -0.1) is 0 Å². The molecule has 4 aromatic heterocycles. The number of nitrogens with zero attached hydrogens (tertiary/aromatic N) is 4. The first kappa shape index (κ1) is 10.7. The highest BCUT2D eigenvalue weighted by molar-refractivity contribution is 6.13. The van der Waals surface area contributed by atoms with Crippen LogP contribution >= 0.6 is 0 Å². The molecule has 0 saturated carbocycles. The molecule has 1 aromatic carbocycles. The molecule has 0 amide bonds. The highest BCUT2D eigenvalue weighted by Gasteiger charge is 2.10. The third-order valence-corrected chi connectivity index (χ3v) is 3.94. The summed E-state index contributed by atoms with van der Waals surface area (Å²) in [6, 6.07) is 12.4. The summed E-state index contributed by atoms with van der Waals surface area (Å²) in [5.74, 6) is 0. The summed E-state index contributed by atoms with van der Waals surface area (Å²) in [6.07, 6.45) is 7.35. The normalized spacial score (nSPS) is 11.8. The molecule has 0 fully saturated rings. The summed E-state index contributed by atoms with van der Waals surface area (Å²) in [5, 5.41) is 2.29. The molecule has 0 unspecified atom stereocenters. The standard InChI is InChI=1S/C17H10N4/c1-3-11-12-9-13-14(19-7-6-18-13)10-16(12)21-8-2-4-15(21)17(11)20-5-1/h1-10H. The van der Waals surface area contributed by atoms with Gasteiger partial charge in [-0.05, 0) is 30.3 Å². The van der Waals surface area contributed by atoms with E-state index < -0.39 is 0 Å². The Morgan fingerprint density at radius 1 is 0.714 bits per heavy atom. The molecule has 0 aliphatic carbocycles. The van der Waals surface area contributed by atoms with Gasteiger partial charge in [0, 0.05) is 35.6 Å². The Balaban J connectivity index is 2.18. The number of benzene rings is 1. The topological polar surface area (TPSA) is 43.1 Å². The van der Waals surface area contributed by atoms with Crippen molar-refractivity contribution >= 4 is 38.4 Å². The van der Waals surface area contributed by atoms with Gasteiger partial charge < -0.3 is 4.40 Å². The van der Waals surface area contributed by atoms with Crippen LogP contribution in [0.25, 0.3) is 38.4 Å². The number of pyridine rings is 2. The lowest BCUT2D eigenvalue weighted by molar-refractivity contribution is 1.26. The molecule has 0 aliphatic rings. The Morgan fingerprint density at radius 2 is 1.57 bits per heavy atom. The fourth-order valence-corrected chi connectivity index (χ4v) is 3.03. The maximum absolute atomic E-state index is 4.55. The summed E-state index contributed by atoms with van der Waals surface area (Å²) in [4.78, 5) is 13.4. The van der Waals surface area contributed by atoms with Crippen molar-refractivity contribution in [3.63, 3.8) is 0 Å². The lowest BCUT2D eigenvalue weighted by atomic mass is 10.1. The molecular formula is C17H10N4. The summed E-state index contributed by atoms with van der Waals surface area (Å²) < 4.78 is 2.17. The van der Waals surface area contributed by atoms with Crippen LogP contribution in [-0.4, -0.2) is 19.4 Å². The van der Waals surface area contributed by atoms with E-state index in [2.05, 4.69) is 49.8 Å². The second-order valence-electron chi connectivity index (χ2n) is 5.08. The van der Waals surface area contributed by atoms with Crippen LogP contribution in [0.5, 0.6) is 0 Å². The fourth-order valence-electron chi connectivity index (χ4n) is 3.03. The average Bonchev–Trinajstić information content (AvgIpc) is 3.03. The van der Waals surface area contributed by atoms with Gasteiger partial charge in [-0.1, -0.05) is 6.07 Å². The molecule has 98 valence electrons. The Hall–Kier alpha value is -3.01. The van der Waals surface area contributed by atoms with Crippen molar-refractivity contribution in [2.24, 2.45) is 0 Å². The van der Waals surface area contributed by atoms with Gasteiger partial charge in [-0.2, -0.15) is 0 Å². The Morgan fingerprint density at radius 3 is 2.48 bits per heavy atom. The second kappa shape index (κ2) is 3.76. The minimum Gasteiger partial charge on any atom is -0.314 e. The molecule has 0 spiro atoms. The summed E-state index contributed by atoms with van der Waals surface area (Å²) >= 11 is 0. The van der Waals surface area contributed by atoms with Crippen LogP contribution in [0.4, 0.5) is 0 Å². The molecule has 0 radical (unpaired) electrons. The molecule has 0 aliphatic heterocycles. The smallest absolute Gasteiger partial charge is 0.0948 e. The van der Waals surface area contributed by atoms with Crippen LogP contribution in [0.2, 0.25) is 0 Å². The van der Waals surface area contributed by atoms with Gasteiger partial charge in [-0.3, -0.25) is 15.0 Å². The molecule has 0 saturated heterocycles.